The number of rotatable bonds is 12. The van der Waals surface area contributed by atoms with Crippen molar-refractivity contribution in [3.63, 3.8) is 0 Å². The van der Waals surface area contributed by atoms with Crippen LogP contribution in [0.5, 0.6) is 0 Å². The lowest BCUT2D eigenvalue weighted by molar-refractivity contribution is -0.266. The van der Waals surface area contributed by atoms with Crippen molar-refractivity contribution in [1.29, 1.82) is 0 Å². The smallest absolute Gasteiger partial charge is 0.307 e. The van der Waals surface area contributed by atoms with E-state index in [0.29, 0.717) is 57.1 Å². The Kier molecular flexibility index (Phi) is 10.4. The highest BCUT2D eigenvalue weighted by Crippen LogP contribution is 2.75. The standard InChI is InChI=1S/C38H64N4O6/c1-23(2)24(3)34(5)14-15-36(7)26-10-11-29-35(6)21-46-22-38(29,27(26)12-13-37(36,8)30(34)32(44)45)20-28(48-25(4)43)31(35)47-19-18-41-16-9-17-42-33(39)40/h12,23-24,26,28-31,41H,9-11,13-22H2,1-8H3,(H,44,45)(H4,39,40,42)/t24-,26+,28-,29+,30-,31?,34-,35?,36-,37+,38+/m1/s1. The molecule has 0 aromatic rings. The van der Waals surface area contributed by atoms with Gasteiger partial charge in [0, 0.05) is 30.8 Å². The van der Waals surface area contributed by atoms with E-state index in [9.17, 15) is 14.7 Å². The lowest BCUT2D eigenvalue weighted by Crippen LogP contribution is -2.70. The van der Waals surface area contributed by atoms with E-state index in [1.807, 2.05) is 0 Å². The van der Waals surface area contributed by atoms with Crippen LogP contribution in [0.4, 0.5) is 0 Å². The molecule has 6 N–H and O–H groups in total. The molecule has 1 aliphatic heterocycles. The van der Waals surface area contributed by atoms with Gasteiger partial charge >= 0.3 is 11.9 Å². The fourth-order valence-corrected chi connectivity index (χ4v) is 12.0. The Hall–Kier alpha value is -2.17. The van der Waals surface area contributed by atoms with Crippen molar-refractivity contribution in [2.45, 2.75) is 113 Å². The molecule has 0 radical (unpaired) electrons. The summed E-state index contributed by atoms with van der Waals surface area (Å²) in [5.74, 6) is 0.0337. The molecule has 1 heterocycles. The summed E-state index contributed by atoms with van der Waals surface area (Å²) in [5.41, 5.74) is 10.9. The van der Waals surface area contributed by atoms with Gasteiger partial charge in [0.2, 0.25) is 0 Å². The summed E-state index contributed by atoms with van der Waals surface area (Å²) in [6, 6.07) is 0. The Bertz CT molecular complexity index is 1280. The van der Waals surface area contributed by atoms with Crippen LogP contribution in [0.25, 0.3) is 0 Å². The number of hydrogen-bond donors (Lipinski definition) is 4. The number of esters is 1. The molecule has 4 fully saturated rings. The number of hydrogen-bond acceptors (Lipinski definition) is 7. The lowest BCUT2D eigenvalue weighted by Gasteiger charge is -2.71. The molecule has 0 aromatic heterocycles. The minimum absolute atomic E-state index is 0.106. The molecule has 48 heavy (non-hydrogen) atoms. The van der Waals surface area contributed by atoms with Gasteiger partial charge in [-0.25, -0.2) is 0 Å². The van der Waals surface area contributed by atoms with Gasteiger partial charge in [-0.2, -0.15) is 0 Å². The SMILES string of the molecule is CC(=O)O[C@@H]1C[C@@]23COCC(C)(C1OCCNCCCN=C(N)N)[C@@H]2CC[C@H]1C3=CC[C@@]2(C)[C@H](C(=O)O)[C@@](C)([C@H](C)C(C)C)CC[C@]12C. The maximum absolute atomic E-state index is 13.4. The third-order valence-electron chi connectivity index (χ3n) is 14.8. The average Bonchev–Trinajstić information content (AvgIpc) is 2.99. The summed E-state index contributed by atoms with van der Waals surface area (Å²) >= 11 is 0. The molecule has 0 spiro atoms. The topological polar surface area (TPSA) is 158 Å². The Morgan fingerprint density at radius 3 is 2.46 bits per heavy atom. The van der Waals surface area contributed by atoms with Crippen LogP contribution in [0.15, 0.2) is 16.6 Å². The fraction of sp³-hybridized carbons (Fsp3) is 0.868. The number of carbonyl (C=O) groups is 2. The molecule has 3 saturated carbocycles. The molecule has 11 atom stereocenters. The fourth-order valence-electron chi connectivity index (χ4n) is 12.0. The summed E-state index contributed by atoms with van der Waals surface area (Å²) in [4.78, 5) is 30.0. The summed E-state index contributed by atoms with van der Waals surface area (Å²) in [7, 11) is 0. The predicted octanol–water partition coefficient (Wildman–Crippen LogP) is 5.14. The molecule has 0 aromatic carbocycles. The maximum atomic E-state index is 13.4. The number of carboxylic acid groups (broad SMARTS) is 1. The van der Waals surface area contributed by atoms with E-state index in [2.05, 4.69) is 64.9 Å². The molecule has 272 valence electrons. The van der Waals surface area contributed by atoms with Gasteiger partial charge in [0.1, 0.15) is 12.2 Å². The van der Waals surface area contributed by atoms with Gasteiger partial charge in [-0.3, -0.25) is 14.6 Å². The van der Waals surface area contributed by atoms with Gasteiger partial charge in [0.05, 0.1) is 25.7 Å². The third kappa shape index (κ3) is 5.89. The number of guanidine groups is 1. The summed E-state index contributed by atoms with van der Waals surface area (Å²) in [6.07, 6.45) is 7.99. The van der Waals surface area contributed by atoms with Gasteiger partial charge in [0.15, 0.2) is 5.96 Å². The third-order valence-corrected chi connectivity index (χ3v) is 14.8. The number of aliphatic imine (C=N–C) groups is 1. The van der Waals surface area contributed by atoms with E-state index in [1.54, 1.807) is 0 Å². The maximum Gasteiger partial charge on any atom is 0.307 e. The van der Waals surface area contributed by atoms with E-state index < -0.39 is 11.9 Å². The summed E-state index contributed by atoms with van der Waals surface area (Å²) < 4.78 is 19.4. The molecular formula is C38H64N4O6. The monoisotopic (exact) mass is 672 g/mol. The molecule has 5 rings (SSSR count). The van der Waals surface area contributed by atoms with E-state index in [-0.39, 0.29) is 57.1 Å². The summed E-state index contributed by atoms with van der Waals surface area (Å²) in [6.45, 7) is 21.1. The Balaban J connectivity index is 1.44. The number of nitrogens with one attached hydrogen (secondary N) is 1. The average molecular weight is 673 g/mol. The number of carboxylic acids is 1. The van der Waals surface area contributed by atoms with Crippen molar-refractivity contribution in [2.75, 3.05) is 39.5 Å². The first kappa shape index (κ1) is 37.1. The van der Waals surface area contributed by atoms with Gasteiger partial charge in [-0.1, -0.05) is 60.1 Å². The van der Waals surface area contributed by atoms with Crippen LogP contribution in [-0.2, 0) is 23.8 Å². The molecular weight excluding hydrogens is 608 g/mol. The number of ether oxygens (including phenoxy) is 3. The molecule has 0 amide bonds. The number of fused-ring (bicyclic) bond motifs is 3. The van der Waals surface area contributed by atoms with Crippen molar-refractivity contribution in [1.82, 2.24) is 5.32 Å². The normalized spacial score (nSPS) is 42.4. The van der Waals surface area contributed by atoms with Crippen LogP contribution < -0.4 is 16.8 Å². The second-order valence-electron chi connectivity index (χ2n) is 17.4. The van der Waals surface area contributed by atoms with Gasteiger partial charge in [0.25, 0.3) is 0 Å². The first-order valence-electron chi connectivity index (χ1n) is 18.5. The van der Waals surface area contributed by atoms with Crippen molar-refractivity contribution in [2.24, 2.45) is 73.1 Å². The molecule has 2 bridgehead atoms. The highest BCUT2D eigenvalue weighted by Gasteiger charge is 2.72. The van der Waals surface area contributed by atoms with Crippen LogP contribution >= 0.6 is 0 Å². The highest BCUT2D eigenvalue weighted by atomic mass is 16.6. The quantitative estimate of drug-likeness (QED) is 0.0724. The number of carbonyl (C=O) groups excluding carboxylic acids is 1. The van der Waals surface area contributed by atoms with Gasteiger partial charge < -0.3 is 36.1 Å². The Morgan fingerprint density at radius 2 is 1.81 bits per heavy atom. The zero-order chi connectivity index (χ0) is 35.3. The minimum Gasteiger partial charge on any atom is -0.481 e. The molecule has 2 unspecified atom stereocenters. The second-order valence-corrected chi connectivity index (χ2v) is 17.4. The lowest BCUT2D eigenvalue weighted by atomic mass is 9.34. The first-order chi connectivity index (χ1) is 22.5. The zero-order valence-electron chi connectivity index (χ0n) is 30.9. The Morgan fingerprint density at radius 1 is 1.08 bits per heavy atom. The van der Waals surface area contributed by atoms with E-state index in [0.717, 1.165) is 45.1 Å². The summed E-state index contributed by atoms with van der Waals surface area (Å²) in [5, 5.41) is 14.4. The van der Waals surface area contributed by atoms with Crippen LogP contribution in [-0.4, -0.2) is 74.7 Å². The molecule has 4 aliphatic carbocycles. The van der Waals surface area contributed by atoms with Crippen LogP contribution in [0.2, 0.25) is 0 Å². The Labute approximate surface area is 288 Å². The van der Waals surface area contributed by atoms with Gasteiger partial charge in [-0.15, -0.1) is 0 Å². The predicted molar refractivity (Wildman–Crippen MR) is 187 cm³/mol. The van der Waals surface area contributed by atoms with Crippen molar-refractivity contribution in [3.05, 3.63) is 11.6 Å². The van der Waals surface area contributed by atoms with Crippen molar-refractivity contribution in [3.8, 4) is 0 Å². The first-order valence-corrected chi connectivity index (χ1v) is 18.5. The number of aliphatic carboxylic acids is 1. The minimum atomic E-state index is -0.647. The molecule has 10 nitrogen and oxygen atoms in total. The highest BCUT2D eigenvalue weighted by molar-refractivity contribution is 5.75. The van der Waals surface area contributed by atoms with Gasteiger partial charge in [-0.05, 0) is 91.4 Å². The van der Waals surface area contributed by atoms with Crippen LogP contribution in [0.3, 0.4) is 0 Å². The number of allylic oxidation sites excluding steroid dienone is 1. The van der Waals surface area contributed by atoms with Crippen molar-refractivity contribution >= 4 is 17.9 Å². The zero-order valence-corrected chi connectivity index (χ0v) is 30.9. The number of nitrogens with two attached hydrogens (primary N) is 2. The van der Waals surface area contributed by atoms with Crippen LogP contribution in [0, 0.1) is 56.7 Å². The second kappa shape index (κ2) is 13.5. The van der Waals surface area contributed by atoms with Crippen LogP contribution in [0.1, 0.15) is 100 Å². The van der Waals surface area contributed by atoms with Crippen molar-refractivity contribution < 1.29 is 28.9 Å². The number of nitrogens with zero attached hydrogens (tertiary/aromatic N) is 1. The largest absolute Gasteiger partial charge is 0.481 e. The molecule has 5 aliphatic rings. The molecule has 1 saturated heterocycles. The van der Waals surface area contributed by atoms with E-state index >= 15 is 0 Å². The molecule has 10 heteroatoms. The van der Waals surface area contributed by atoms with E-state index in [4.69, 9.17) is 25.7 Å². The van der Waals surface area contributed by atoms with E-state index in [1.165, 1.54) is 12.5 Å².